The number of nitriles is 1. The van der Waals surface area contributed by atoms with Crippen molar-refractivity contribution in [3.8, 4) is 22.9 Å². The second-order valence-corrected chi connectivity index (χ2v) is 7.52. The number of rotatable bonds is 4. The number of aromatic nitrogens is 3. The highest BCUT2D eigenvalue weighted by atomic mass is 16.3. The maximum Gasteiger partial charge on any atom is 0.219 e. The highest BCUT2D eigenvalue weighted by molar-refractivity contribution is 5.98. The summed E-state index contributed by atoms with van der Waals surface area (Å²) < 4.78 is 0. The molecule has 0 aliphatic carbocycles. The van der Waals surface area contributed by atoms with Crippen LogP contribution < -0.4 is 11.1 Å². The summed E-state index contributed by atoms with van der Waals surface area (Å²) in [5, 5.41) is 23.8. The summed E-state index contributed by atoms with van der Waals surface area (Å²) in [7, 11) is 0. The van der Waals surface area contributed by atoms with Crippen LogP contribution in [0.25, 0.3) is 22.0 Å². The molecule has 7 nitrogen and oxygen atoms in total. The minimum Gasteiger partial charge on any atom is -0.504 e. The van der Waals surface area contributed by atoms with Crippen LogP contribution in [0.1, 0.15) is 19.4 Å². The molecule has 7 heteroatoms. The van der Waals surface area contributed by atoms with E-state index in [2.05, 4.69) is 26.3 Å². The van der Waals surface area contributed by atoms with Gasteiger partial charge < -0.3 is 16.2 Å². The third-order valence-corrected chi connectivity index (χ3v) is 5.01. The van der Waals surface area contributed by atoms with Crippen molar-refractivity contribution < 1.29 is 5.11 Å². The molecule has 30 heavy (non-hydrogen) atoms. The van der Waals surface area contributed by atoms with Crippen LogP contribution >= 0.6 is 0 Å². The van der Waals surface area contributed by atoms with Gasteiger partial charge in [0.15, 0.2) is 5.75 Å². The lowest BCUT2D eigenvalue weighted by molar-refractivity contribution is 0.476. The first-order valence-corrected chi connectivity index (χ1v) is 9.36. The molecule has 4 aromatic rings. The Hall–Kier alpha value is -4.18. The van der Waals surface area contributed by atoms with Crippen LogP contribution in [0.15, 0.2) is 61.1 Å². The largest absolute Gasteiger partial charge is 0.504 e. The van der Waals surface area contributed by atoms with E-state index in [1.807, 2.05) is 56.3 Å². The summed E-state index contributed by atoms with van der Waals surface area (Å²) in [5.74, 6) is 0.249. The number of nitrogens with zero attached hydrogens (tertiary/aromatic N) is 4. The number of nitrogens with two attached hydrogens (primary N) is 1. The van der Waals surface area contributed by atoms with Gasteiger partial charge >= 0.3 is 0 Å². The predicted molar refractivity (Wildman–Crippen MR) is 117 cm³/mol. The van der Waals surface area contributed by atoms with Crippen LogP contribution in [0.2, 0.25) is 0 Å². The van der Waals surface area contributed by atoms with E-state index >= 15 is 0 Å². The Morgan fingerprint density at radius 1 is 0.967 bits per heavy atom. The summed E-state index contributed by atoms with van der Waals surface area (Å²) >= 11 is 0. The van der Waals surface area contributed by atoms with Crippen molar-refractivity contribution in [2.45, 2.75) is 19.3 Å². The summed E-state index contributed by atoms with van der Waals surface area (Å²) in [5.41, 5.74) is 9.69. The fourth-order valence-electron chi connectivity index (χ4n) is 3.16. The minimum absolute atomic E-state index is 0.0367. The Kier molecular flexibility index (Phi) is 4.68. The van der Waals surface area contributed by atoms with Gasteiger partial charge in [0.2, 0.25) is 5.95 Å². The molecule has 2 aromatic heterocycles. The second-order valence-electron chi connectivity index (χ2n) is 7.52. The summed E-state index contributed by atoms with van der Waals surface area (Å²) in [6.45, 7) is 3.75. The van der Waals surface area contributed by atoms with Crippen molar-refractivity contribution in [2.24, 2.45) is 0 Å². The van der Waals surface area contributed by atoms with E-state index in [4.69, 9.17) is 5.73 Å². The molecule has 2 aromatic carbocycles. The third kappa shape index (κ3) is 3.59. The van der Waals surface area contributed by atoms with Crippen molar-refractivity contribution in [1.29, 1.82) is 5.26 Å². The number of benzene rings is 2. The lowest BCUT2D eigenvalue weighted by Crippen LogP contribution is -2.13. The fraction of sp³-hybridized carbons (Fsp3) is 0.130. The van der Waals surface area contributed by atoms with Gasteiger partial charge in [-0.15, -0.1) is 0 Å². The van der Waals surface area contributed by atoms with Crippen molar-refractivity contribution in [1.82, 2.24) is 15.0 Å². The molecule has 0 spiro atoms. The molecule has 0 amide bonds. The molecule has 4 rings (SSSR count). The number of nitrogens with one attached hydrogen (secondary N) is 1. The van der Waals surface area contributed by atoms with Gasteiger partial charge in [0.25, 0.3) is 0 Å². The van der Waals surface area contributed by atoms with E-state index in [9.17, 15) is 10.4 Å². The standard InChI is InChI=1S/C23H20N6O/c1-23(2,13-24)16-4-6-17(7-5-16)29-21-18-9-14(15-10-27-22(25)28-11-15)3-8-19(18)26-12-20(21)30/h3-12,30H,1-2H3,(H,26,29)(H2,25,27,28). The Morgan fingerprint density at radius 2 is 1.67 bits per heavy atom. The molecule has 0 atom stereocenters. The number of hydrogen-bond donors (Lipinski definition) is 3. The van der Waals surface area contributed by atoms with Gasteiger partial charge in [-0.25, -0.2) is 9.97 Å². The highest BCUT2D eigenvalue weighted by Gasteiger charge is 2.19. The van der Waals surface area contributed by atoms with Crippen LogP contribution in [-0.4, -0.2) is 20.1 Å². The van der Waals surface area contributed by atoms with Crippen LogP contribution in [0, 0.1) is 11.3 Å². The molecular weight excluding hydrogens is 376 g/mol. The van der Waals surface area contributed by atoms with Gasteiger partial charge in [0.1, 0.15) is 0 Å². The number of anilines is 3. The topological polar surface area (TPSA) is 121 Å². The number of fused-ring (bicyclic) bond motifs is 1. The zero-order valence-corrected chi connectivity index (χ0v) is 16.6. The number of pyridine rings is 1. The number of nitrogen functional groups attached to an aromatic ring is 1. The van der Waals surface area contributed by atoms with E-state index in [1.54, 1.807) is 12.4 Å². The van der Waals surface area contributed by atoms with E-state index in [0.717, 1.165) is 33.3 Å². The van der Waals surface area contributed by atoms with Crippen molar-refractivity contribution in [2.75, 3.05) is 11.1 Å². The van der Waals surface area contributed by atoms with Crippen LogP contribution in [0.3, 0.4) is 0 Å². The normalized spacial score (nSPS) is 11.2. The zero-order chi connectivity index (χ0) is 21.3. The van der Waals surface area contributed by atoms with Gasteiger partial charge in [0.05, 0.1) is 28.9 Å². The van der Waals surface area contributed by atoms with E-state index < -0.39 is 5.41 Å². The summed E-state index contributed by atoms with van der Waals surface area (Å²) in [4.78, 5) is 12.4. The smallest absolute Gasteiger partial charge is 0.219 e. The third-order valence-electron chi connectivity index (χ3n) is 5.01. The average molecular weight is 396 g/mol. The maximum absolute atomic E-state index is 10.5. The number of hydrogen-bond acceptors (Lipinski definition) is 7. The predicted octanol–water partition coefficient (Wildman–Crippen LogP) is 4.52. The SMILES string of the molecule is CC(C)(C#N)c1ccc(Nc2c(O)cnc3ccc(-c4cnc(N)nc4)cc23)cc1. The quantitative estimate of drug-likeness (QED) is 0.463. The van der Waals surface area contributed by atoms with Gasteiger partial charge in [-0.3, -0.25) is 4.98 Å². The van der Waals surface area contributed by atoms with Crippen molar-refractivity contribution in [3.63, 3.8) is 0 Å². The fourth-order valence-corrected chi connectivity index (χ4v) is 3.16. The minimum atomic E-state index is -0.569. The van der Waals surface area contributed by atoms with Crippen LogP contribution in [0.5, 0.6) is 5.75 Å². The first kappa shape index (κ1) is 19.2. The molecule has 0 saturated heterocycles. The molecule has 2 heterocycles. The Bertz CT molecular complexity index is 1260. The molecule has 0 fully saturated rings. The van der Waals surface area contributed by atoms with E-state index in [0.29, 0.717) is 5.69 Å². The first-order valence-electron chi connectivity index (χ1n) is 9.36. The lowest BCUT2D eigenvalue weighted by Gasteiger charge is -2.17. The Morgan fingerprint density at radius 3 is 2.33 bits per heavy atom. The van der Waals surface area contributed by atoms with E-state index in [-0.39, 0.29) is 11.7 Å². The summed E-state index contributed by atoms with van der Waals surface area (Å²) in [6, 6.07) is 15.6. The molecule has 4 N–H and O–H groups in total. The monoisotopic (exact) mass is 396 g/mol. The maximum atomic E-state index is 10.5. The van der Waals surface area contributed by atoms with Crippen molar-refractivity contribution in [3.05, 3.63) is 66.6 Å². The Labute approximate surface area is 173 Å². The second kappa shape index (κ2) is 7.33. The molecule has 0 aliphatic heterocycles. The van der Waals surface area contributed by atoms with Crippen molar-refractivity contribution >= 4 is 28.2 Å². The average Bonchev–Trinajstić information content (AvgIpc) is 2.76. The Balaban J connectivity index is 1.74. The lowest BCUT2D eigenvalue weighted by atomic mass is 9.86. The highest BCUT2D eigenvalue weighted by Crippen LogP contribution is 2.36. The molecule has 0 radical (unpaired) electrons. The van der Waals surface area contributed by atoms with Gasteiger partial charge in [0, 0.05) is 29.0 Å². The zero-order valence-electron chi connectivity index (χ0n) is 16.6. The first-order chi connectivity index (χ1) is 14.4. The molecule has 0 bridgehead atoms. The van der Waals surface area contributed by atoms with Gasteiger partial charge in [-0.05, 0) is 49.2 Å². The number of aromatic hydroxyl groups is 1. The summed E-state index contributed by atoms with van der Waals surface area (Å²) in [6.07, 6.45) is 4.73. The molecule has 0 unspecified atom stereocenters. The van der Waals surface area contributed by atoms with Crippen LogP contribution in [0.4, 0.5) is 17.3 Å². The van der Waals surface area contributed by atoms with Gasteiger partial charge in [-0.2, -0.15) is 5.26 Å². The molecule has 148 valence electrons. The molecule has 0 saturated carbocycles. The van der Waals surface area contributed by atoms with Crippen LogP contribution in [-0.2, 0) is 5.41 Å². The van der Waals surface area contributed by atoms with E-state index in [1.165, 1.54) is 6.20 Å². The molecule has 0 aliphatic rings. The van der Waals surface area contributed by atoms with Gasteiger partial charge in [-0.1, -0.05) is 18.2 Å². The molecular formula is C23H20N6O.